The molecule has 0 aliphatic carbocycles. The summed E-state index contributed by atoms with van der Waals surface area (Å²) in [5.41, 5.74) is 6.31. The molecule has 0 aliphatic rings. The van der Waals surface area contributed by atoms with Gasteiger partial charge >= 0.3 is 0 Å². The number of nitrogen functional groups attached to an aromatic ring is 1. The van der Waals surface area contributed by atoms with E-state index in [9.17, 15) is 4.79 Å². The molecule has 2 rings (SSSR count). The zero-order chi connectivity index (χ0) is 15.4. The van der Waals surface area contributed by atoms with Crippen LogP contribution in [0.25, 0.3) is 0 Å². The molecule has 1 amide bonds. The molecule has 1 aromatic carbocycles. The van der Waals surface area contributed by atoms with Crippen molar-refractivity contribution in [2.24, 2.45) is 0 Å². The van der Waals surface area contributed by atoms with Crippen molar-refractivity contribution in [3.05, 3.63) is 32.6 Å². The summed E-state index contributed by atoms with van der Waals surface area (Å²) in [6.07, 6.45) is 0.967. The molecule has 0 radical (unpaired) electrons. The van der Waals surface area contributed by atoms with Gasteiger partial charge < -0.3 is 16.4 Å². The van der Waals surface area contributed by atoms with Gasteiger partial charge in [-0.05, 0) is 24.6 Å². The molecule has 0 saturated heterocycles. The minimum Gasteiger partial charge on any atom is -0.382 e. The molecule has 1 heterocycles. The molecule has 21 heavy (non-hydrogen) atoms. The maximum atomic E-state index is 12.3. The van der Waals surface area contributed by atoms with Crippen LogP contribution in [0.4, 0.5) is 16.6 Å². The molecule has 0 aliphatic heterocycles. The molecule has 0 unspecified atom stereocenters. The van der Waals surface area contributed by atoms with Gasteiger partial charge in [-0.3, -0.25) is 4.79 Å². The van der Waals surface area contributed by atoms with Crippen LogP contribution in [-0.2, 0) is 0 Å². The second kappa shape index (κ2) is 7.11. The van der Waals surface area contributed by atoms with Gasteiger partial charge in [-0.15, -0.1) is 0 Å². The number of nitrogens with zero attached hydrogens (tertiary/aromatic N) is 1. The SMILES string of the molecule is CCCNc1nc(N)c(C(=O)Nc2cc(Br)ccc2Cl)s1. The van der Waals surface area contributed by atoms with Crippen LogP contribution in [0.3, 0.4) is 0 Å². The second-order valence-electron chi connectivity index (χ2n) is 4.24. The number of aromatic nitrogens is 1. The van der Waals surface area contributed by atoms with Crippen molar-refractivity contribution in [2.75, 3.05) is 22.9 Å². The quantitative estimate of drug-likeness (QED) is 0.715. The van der Waals surface area contributed by atoms with Gasteiger partial charge in [0.15, 0.2) is 5.13 Å². The number of nitrogens with one attached hydrogen (secondary N) is 2. The number of carbonyl (C=O) groups is 1. The third-order valence-corrected chi connectivity index (χ3v) is 4.41. The van der Waals surface area contributed by atoms with E-state index in [0.29, 0.717) is 20.7 Å². The summed E-state index contributed by atoms with van der Waals surface area (Å²) in [5, 5.41) is 6.94. The zero-order valence-electron chi connectivity index (χ0n) is 11.2. The molecule has 8 heteroatoms. The summed E-state index contributed by atoms with van der Waals surface area (Å²) in [6, 6.07) is 5.23. The average molecular weight is 390 g/mol. The summed E-state index contributed by atoms with van der Waals surface area (Å²) >= 11 is 10.6. The van der Waals surface area contributed by atoms with Crippen LogP contribution in [0.5, 0.6) is 0 Å². The van der Waals surface area contributed by atoms with Gasteiger partial charge in [0, 0.05) is 11.0 Å². The topological polar surface area (TPSA) is 80.0 Å². The third-order valence-electron chi connectivity index (χ3n) is 2.56. The number of hydrogen-bond donors (Lipinski definition) is 3. The molecule has 112 valence electrons. The highest BCUT2D eigenvalue weighted by Gasteiger charge is 2.17. The molecule has 0 fully saturated rings. The highest BCUT2D eigenvalue weighted by atomic mass is 79.9. The van der Waals surface area contributed by atoms with Gasteiger partial charge in [0.1, 0.15) is 10.7 Å². The Kier molecular flexibility index (Phi) is 5.44. The molecule has 0 spiro atoms. The van der Waals surface area contributed by atoms with E-state index in [4.69, 9.17) is 17.3 Å². The average Bonchev–Trinajstić information content (AvgIpc) is 2.82. The van der Waals surface area contributed by atoms with E-state index in [0.717, 1.165) is 17.4 Å². The Morgan fingerprint density at radius 1 is 1.52 bits per heavy atom. The molecular weight excluding hydrogens is 376 g/mol. The molecule has 0 atom stereocenters. The lowest BCUT2D eigenvalue weighted by atomic mass is 10.3. The second-order valence-corrected chi connectivity index (χ2v) is 6.56. The summed E-state index contributed by atoms with van der Waals surface area (Å²) in [4.78, 5) is 16.8. The standard InChI is InChI=1S/C13H14BrClN4OS/c1-2-5-17-13-19-11(16)10(21-13)12(20)18-9-6-7(14)3-4-8(9)15/h3-4,6H,2,5,16H2,1H3,(H,17,19)(H,18,20). The van der Waals surface area contributed by atoms with E-state index in [2.05, 4.69) is 31.5 Å². The van der Waals surface area contributed by atoms with Crippen LogP contribution >= 0.6 is 38.9 Å². The highest BCUT2D eigenvalue weighted by Crippen LogP contribution is 2.29. The normalized spacial score (nSPS) is 10.4. The lowest BCUT2D eigenvalue weighted by Gasteiger charge is -2.06. The van der Waals surface area contributed by atoms with Gasteiger partial charge in [-0.2, -0.15) is 0 Å². The predicted octanol–water partition coefficient (Wildman–Crippen LogP) is 4.22. The fourth-order valence-corrected chi connectivity index (χ4v) is 2.91. The van der Waals surface area contributed by atoms with Gasteiger partial charge in [-0.1, -0.05) is 45.8 Å². The predicted molar refractivity (Wildman–Crippen MR) is 92.4 cm³/mol. The van der Waals surface area contributed by atoms with Crippen molar-refractivity contribution in [1.82, 2.24) is 4.98 Å². The van der Waals surface area contributed by atoms with Crippen LogP contribution < -0.4 is 16.4 Å². The summed E-state index contributed by atoms with van der Waals surface area (Å²) in [6.45, 7) is 2.83. The van der Waals surface area contributed by atoms with Crippen LogP contribution in [0.2, 0.25) is 5.02 Å². The van der Waals surface area contributed by atoms with Crippen molar-refractivity contribution in [2.45, 2.75) is 13.3 Å². The summed E-state index contributed by atoms with van der Waals surface area (Å²) in [5.74, 6) is -0.114. The Morgan fingerprint density at radius 2 is 2.29 bits per heavy atom. The summed E-state index contributed by atoms with van der Waals surface area (Å²) in [7, 11) is 0. The van der Waals surface area contributed by atoms with E-state index in [1.54, 1.807) is 18.2 Å². The maximum absolute atomic E-state index is 12.3. The monoisotopic (exact) mass is 388 g/mol. The first-order valence-corrected chi connectivity index (χ1v) is 8.26. The molecular formula is C13H14BrClN4OS. The molecule has 0 saturated carbocycles. The number of benzene rings is 1. The van der Waals surface area contributed by atoms with Crippen molar-refractivity contribution in [3.8, 4) is 0 Å². The Labute approximate surface area is 140 Å². The number of amides is 1. The first kappa shape index (κ1) is 16.1. The van der Waals surface area contributed by atoms with Gasteiger partial charge in [0.05, 0.1) is 10.7 Å². The fourth-order valence-electron chi connectivity index (χ4n) is 1.57. The Bertz CT molecular complexity index is 662. The molecule has 1 aromatic heterocycles. The number of anilines is 3. The van der Waals surface area contributed by atoms with Crippen molar-refractivity contribution in [3.63, 3.8) is 0 Å². The zero-order valence-corrected chi connectivity index (χ0v) is 14.4. The molecule has 0 bridgehead atoms. The van der Waals surface area contributed by atoms with Gasteiger partial charge in [-0.25, -0.2) is 4.98 Å². The first-order chi connectivity index (χ1) is 10.0. The summed E-state index contributed by atoms with van der Waals surface area (Å²) < 4.78 is 0.824. The van der Waals surface area contributed by atoms with E-state index >= 15 is 0 Å². The van der Waals surface area contributed by atoms with Crippen LogP contribution in [0.1, 0.15) is 23.0 Å². The van der Waals surface area contributed by atoms with E-state index < -0.39 is 0 Å². The van der Waals surface area contributed by atoms with Crippen LogP contribution in [0, 0.1) is 0 Å². The number of carbonyl (C=O) groups excluding carboxylic acids is 1. The van der Waals surface area contributed by atoms with Crippen LogP contribution in [-0.4, -0.2) is 17.4 Å². The molecule has 5 nitrogen and oxygen atoms in total. The lowest BCUT2D eigenvalue weighted by Crippen LogP contribution is -2.12. The fraction of sp³-hybridized carbons (Fsp3) is 0.231. The Hall–Kier alpha value is -1.31. The Morgan fingerprint density at radius 3 is 3.00 bits per heavy atom. The molecule has 2 aromatic rings. The van der Waals surface area contributed by atoms with Crippen molar-refractivity contribution in [1.29, 1.82) is 0 Å². The van der Waals surface area contributed by atoms with E-state index in [1.165, 1.54) is 11.3 Å². The number of rotatable bonds is 5. The van der Waals surface area contributed by atoms with Gasteiger partial charge in [0.25, 0.3) is 5.91 Å². The number of halogens is 2. The largest absolute Gasteiger partial charge is 0.382 e. The number of nitrogens with two attached hydrogens (primary N) is 1. The minimum atomic E-state index is -0.324. The number of thiazole rings is 1. The van der Waals surface area contributed by atoms with E-state index in [1.807, 2.05) is 6.92 Å². The molecule has 4 N–H and O–H groups in total. The van der Waals surface area contributed by atoms with Gasteiger partial charge in [0.2, 0.25) is 0 Å². The van der Waals surface area contributed by atoms with Crippen molar-refractivity contribution < 1.29 is 4.79 Å². The smallest absolute Gasteiger partial charge is 0.269 e. The maximum Gasteiger partial charge on any atom is 0.269 e. The minimum absolute atomic E-state index is 0.210. The highest BCUT2D eigenvalue weighted by molar-refractivity contribution is 9.10. The van der Waals surface area contributed by atoms with E-state index in [-0.39, 0.29) is 11.7 Å². The lowest BCUT2D eigenvalue weighted by molar-refractivity contribution is 0.103. The third kappa shape index (κ3) is 4.09. The van der Waals surface area contributed by atoms with Crippen molar-refractivity contribution >= 4 is 61.4 Å². The number of hydrogen-bond acceptors (Lipinski definition) is 5. The first-order valence-electron chi connectivity index (χ1n) is 6.27. The van der Waals surface area contributed by atoms with Crippen LogP contribution in [0.15, 0.2) is 22.7 Å². The Balaban J connectivity index is 2.16.